The number of sulfone groups is 1. The van der Waals surface area contributed by atoms with Crippen molar-refractivity contribution >= 4 is 21.7 Å². The molecule has 0 aliphatic carbocycles. The lowest BCUT2D eigenvalue weighted by Crippen LogP contribution is -2.52. The number of benzene rings is 2. The van der Waals surface area contributed by atoms with Gasteiger partial charge >= 0.3 is 5.97 Å². The predicted octanol–water partition coefficient (Wildman–Crippen LogP) is 3.46. The van der Waals surface area contributed by atoms with Gasteiger partial charge in [0.25, 0.3) is 5.91 Å². The molecule has 0 spiro atoms. The van der Waals surface area contributed by atoms with Crippen LogP contribution in [0.2, 0.25) is 0 Å². The molecule has 3 atom stereocenters. The SMILES string of the molecule is COc1ccnc(C(=O)N(C(C)C(c2ccccc2)S(=O)(=O)Cc2ccccc2)[C@@H](C)C(=O)O)c1O. The van der Waals surface area contributed by atoms with E-state index in [2.05, 4.69) is 4.98 Å². The number of amides is 1. The van der Waals surface area contributed by atoms with E-state index in [-0.39, 0.29) is 11.5 Å². The van der Waals surface area contributed by atoms with Crippen LogP contribution in [0.3, 0.4) is 0 Å². The topological polar surface area (TPSA) is 134 Å². The summed E-state index contributed by atoms with van der Waals surface area (Å²) in [4.78, 5) is 30.5. The van der Waals surface area contributed by atoms with E-state index in [4.69, 9.17) is 4.74 Å². The highest BCUT2D eigenvalue weighted by Crippen LogP contribution is 2.35. The summed E-state index contributed by atoms with van der Waals surface area (Å²) in [5, 5.41) is 19.1. The second kappa shape index (κ2) is 11.2. The summed E-state index contributed by atoms with van der Waals surface area (Å²) in [6.07, 6.45) is 1.24. The summed E-state index contributed by atoms with van der Waals surface area (Å²) >= 11 is 0. The average molecular weight is 513 g/mol. The van der Waals surface area contributed by atoms with Crippen LogP contribution < -0.4 is 4.74 Å². The zero-order chi connectivity index (χ0) is 26.5. The number of ether oxygens (including phenoxy) is 1. The van der Waals surface area contributed by atoms with E-state index in [1.807, 2.05) is 0 Å². The van der Waals surface area contributed by atoms with Crippen LogP contribution in [0.15, 0.2) is 72.9 Å². The quantitative estimate of drug-likeness (QED) is 0.422. The summed E-state index contributed by atoms with van der Waals surface area (Å²) in [7, 11) is -2.67. The summed E-state index contributed by atoms with van der Waals surface area (Å²) in [5.41, 5.74) is 0.516. The van der Waals surface area contributed by atoms with Gasteiger partial charge < -0.3 is 19.8 Å². The molecule has 0 fully saturated rings. The number of methoxy groups -OCH3 is 1. The number of carboxylic acids is 1. The molecule has 1 amide bonds. The van der Waals surface area contributed by atoms with Gasteiger partial charge in [-0.1, -0.05) is 60.7 Å². The third-order valence-corrected chi connectivity index (χ3v) is 8.10. The smallest absolute Gasteiger partial charge is 0.326 e. The number of aromatic nitrogens is 1. The van der Waals surface area contributed by atoms with Crippen molar-refractivity contribution in [2.75, 3.05) is 7.11 Å². The molecule has 3 rings (SSSR count). The Morgan fingerprint density at radius 1 is 1.00 bits per heavy atom. The van der Waals surface area contributed by atoms with Crippen LogP contribution in [0.4, 0.5) is 0 Å². The lowest BCUT2D eigenvalue weighted by atomic mass is 10.0. The molecule has 2 N–H and O–H groups in total. The van der Waals surface area contributed by atoms with Gasteiger partial charge in [-0.25, -0.2) is 18.2 Å². The van der Waals surface area contributed by atoms with Gasteiger partial charge in [0.1, 0.15) is 11.3 Å². The molecule has 9 nitrogen and oxygen atoms in total. The van der Waals surface area contributed by atoms with Crippen molar-refractivity contribution in [1.29, 1.82) is 0 Å². The molecule has 0 aliphatic rings. The third-order valence-electron chi connectivity index (χ3n) is 5.92. The predicted molar refractivity (Wildman–Crippen MR) is 133 cm³/mol. The lowest BCUT2D eigenvalue weighted by Gasteiger charge is -2.37. The first-order chi connectivity index (χ1) is 17.1. The Bertz CT molecular complexity index is 1310. The van der Waals surface area contributed by atoms with Crippen molar-refractivity contribution in [2.45, 2.75) is 36.9 Å². The molecule has 0 aliphatic heterocycles. The highest BCUT2D eigenvalue weighted by Gasteiger charge is 2.42. The zero-order valence-corrected chi connectivity index (χ0v) is 20.9. The Kier molecular flexibility index (Phi) is 8.31. The Hall–Kier alpha value is -3.92. The Morgan fingerprint density at radius 3 is 2.14 bits per heavy atom. The summed E-state index contributed by atoms with van der Waals surface area (Å²) in [5.74, 6) is -3.19. The van der Waals surface area contributed by atoms with Crippen molar-refractivity contribution in [2.24, 2.45) is 0 Å². The van der Waals surface area contributed by atoms with Crippen LogP contribution in [0, 0.1) is 0 Å². The minimum atomic E-state index is -3.97. The first kappa shape index (κ1) is 26.7. The highest BCUT2D eigenvalue weighted by atomic mass is 32.2. The van der Waals surface area contributed by atoms with E-state index >= 15 is 0 Å². The van der Waals surface area contributed by atoms with Crippen molar-refractivity contribution in [3.8, 4) is 11.5 Å². The summed E-state index contributed by atoms with van der Waals surface area (Å²) in [6, 6.07) is 15.7. The molecule has 0 radical (unpaired) electrons. The van der Waals surface area contributed by atoms with Crippen LogP contribution in [0.25, 0.3) is 0 Å². The zero-order valence-electron chi connectivity index (χ0n) is 20.1. The monoisotopic (exact) mass is 512 g/mol. The molecule has 0 bridgehead atoms. The second-order valence-corrected chi connectivity index (χ2v) is 10.4. The number of carboxylic acid groups (broad SMARTS) is 1. The van der Waals surface area contributed by atoms with Gasteiger partial charge in [-0.15, -0.1) is 0 Å². The molecule has 1 heterocycles. The molecule has 0 saturated heterocycles. The minimum Gasteiger partial charge on any atom is -0.503 e. The number of aromatic hydroxyl groups is 1. The van der Waals surface area contributed by atoms with E-state index in [9.17, 15) is 28.2 Å². The van der Waals surface area contributed by atoms with E-state index in [1.165, 1.54) is 33.2 Å². The normalized spacial score (nSPS) is 13.9. The van der Waals surface area contributed by atoms with Gasteiger partial charge in [0.2, 0.25) is 0 Å². The maximum Gasteiger partial charge on any atom is 0.326 e. The molecule has 2 aromatic carbocycles. The number of rotatable bonds is 10. The summed E-state index contributed by atoms with van der Waals surface area (Å²) in [6.45, 7) is 2.76. The van der Waals surface area contributed by atoms with E-state index < -0.39 is 50.5 Å². The molecular weight excluding hydrogens is 484 g/mol. The number of hydrogen-bond acceptors (Lipinski definition) is 7. The van der Waals surface area contributed by atoms with Crippen molar-refractivity contribution < 1.29 is 33.0 Å². The first-order valence-electron chi connectivity index (χ1n) is 11.2. The number of hydrogen-bond donors (Lipinski definition) is 2. The van der Waals surface area contributed by atoms with E-state index in [0.717, 1.165) is 4.90 Å². The second-order valence-electron chi connectivity index (χ2n) is 8.30. The standard InChI is InChI=1S/C26H28N2O7S/c1-17(28(18(2)26(31)32)25(30)22-23(29)21(35-3)14-15-27-22)24(20-12-8-5-9-13-20)36(33,34)16-19-10-6-4-7-11-19/h4-15,17-18,24,29H,16H2,1-3H3,(H,31,32)/t17?,18-,24?/m0/s1. The van der Waals surface area contributed by atoms with Gasteiger partial charge in [-0.3, -0.25) is 4.79 Å². The maximum atomic E-state index is 13.8. The molecule has 10 heteroatoms. The Morgan fingerprint density at radius 2 is 1.58 bits per heavy atom. The van der Waals surface area contributed by atoms with Gasteiger partial charge in [0, 0.05) is 12.3 Å². The number of pyridine rings is 1. The number of carbonyl (C=O) groups excluding carboxylic acids is 1. The molecule has 190 valence electrons. The Labute approximate surface area is 209 Å². The first-order valence-corrected chi connectivity index (χ1v) is 12.9. The Balaban J connectivity index is 2.15. The third kappa shape index (κ3) is 5.65. The van der Waals surface area contributed by atoms with Gasteiger partial charge in [-0.05, 0) is 25.0 Å². The fourth-order valence-corrected chi connectivity index (χ4v) is 6.32. The van der Waals surface area contributed by atoms with Crippen LogP contribution in [-0.2, 0) is 20.4 Å². The van der Waals surface area contributed by atoms with E-state index in [1.54, 1.807) is 60.7 Å². The van der Waals surface area contributed by atoms with Crippen molar-refractivity contribution in [3.05, 3.63) is 89.7 Å². The van der Waals surface area contributed by atoms with Crippen LogP contribution in [0.5, 0.6) is 11.5 Å². The molecule has 1 aromatic heterocycles. The number of aliphatic carboxylic acids is 1. The molecule has 0 saturated carbocycles. The fourth-order valence-electron chi connectivity index (χ4n) is 4.18. The van der Waals surface area contributed by atoms with Gasteiger partial charge in [-0.2, -0.15) is 0 Å². The maximum absolute atomic E-state index is 13.8. The number of nitrogens with zero attached hydrogens (tertiary/aromatic N) is 2. The molecule has 2 unspecified atom stereocenters. The largest absolute Gasteiger partial charge is 0.503 e. The van der Waals surface area contributed by atoms with Gasteiger partial charge in [0.05, 0.1) is 18.9 Å². The van der Waals surface area contributed by atoms with Crippen molar-refractivity contribution in [1.82, 2.24) is 9.88 Å². The molecule has 36 heavy (non-hydrogen) atoms. The number of carbonyl (C=O) groups is 2. The minimum absolute atomic E-state index is 0.0276. The van der Waals surface area contributed by atoms with Gasteiger partial charge in [0.15, 0.2) is 27.0 Å². The van der Waals surface area contributed by atoms with Crippen LogP contribution in [-0.4, -0.2) is 59.6 Å². The molecule has 3 aromatic rings. The van der Waals surface area contributed by atoms with Crippen LogP contribution >= 0.6 is 0 Å². The highest BCUT2D eigenvalue weighted by molar-refractivity contribution is 7.90. The molecular formula is C26H28N2O7S. The van der Waals surface area contributed by atoms with Crippen LogP contribution in [0.1, 0.15) is 40.7 Å². The average Bonchev–Trinajstić information content (AvgIpc) is 2.85. The van der Waals surface area contributed by atoms with E-state index in [0.29, 0.717) is 11.1 Å². The summed E-state index contributed by atoms with van der Waals surface area (Å²) < 4.78 is 32.6. The lowest BCUT2D eigenvalue weighted by molar-refractivity contribution is -0.142. The fraction of sp³-hybridized carbons (Fsp3) is 0.269. The van der Waals surface area contributed by atoms with Crippen molar-refractivity contribution in [3.63, 3.8) is 0 Å².